The van der Waals surface area contributed by atoms with Crippen LogP contribution in [0.3, 0.4) is 0 Å². The third-order valence-electron chi connectivity index (χ3n) is 7.17. The van der Waals surface area contributed by atoms with E-state index in [0.29, 0.717) is 48.9 Å². The number of nitrogens with zero attached hydrogens (tertiary/aromatic N) is 1. The number of hydrogen-bond acceptors (Lipinski definition) is 6. The molecule has 0 aromatic heterocycles. The Morgan fingerprint density at radius 1 is 0.838 bits per heavy atom. The molecule has 0 aliphatic carbocycles. The zero-order chi connectivity index (χ0) is 26.3. The Bertz CT molecular complexity index is 895. The highest BCUT2D eigenvalue weighted by Gasteiger charge is 2.24. The van der Waals surface area contributed by atoms with Gasteiger partial charge in [0.2, 0.25) is 0 Å². The zero-order valence-electron chi connectivity index (χ0n) is 22.9. The van der Waals surface area contributed by atoms with Gasteiger partial charge in [-0.15, -0.1) is 0 Å². The fourth-order valence-electron chi connectivity index (χ4n) is 4.95. The van der Waals surface area contributed by atoms with Gasteiger partial charge in [-0.25, -0.2) is 0 Å². The van der Waals surface area contributed by atoms with Gasteiger partial charge in [0.05, 0.1) is 25.4 Å². The van der Waals surface area contributed by atoms with Crippen molar-refractivity contribution in [2.45, 2.75) is 83.7 Å². The molecule has 1 unspecified atom stereocenters. The van der Waals surface area contributed by atoms with Crippen LogP contribution in [0.4, 0.5) is 0 Å². The van der Waals surface area contributed by atoms with E-state index in [9.17, 15) is 10.2 Å². The van der Waals surface area contributed by atoms with Crippen molar-refractivity contribution in [2.75, 3.05) is 40.0 Å². The van der Waals surface area contributed by atoms with E-state index in [2.05, 4.69) is 11.8 Å². The topological polar surface area (TPSA) is 71.4 Å². The van der Waals surface area contributed by atoms with Gasteiger partial charge in [-0.05, 0) is 75.0 Å². The van der Waals surface area contributed by atoms with Crippen molar-refractivity contribution in [3.8, 4) is 23.0 Å². The summed E-state index contributed by atoms with van der Waals surface area (Å²) in [5.41, 5.74) is 1.73. The van der Waals surface area contributed by atoms with Crippen LogP contribution in [-0.2, 0) is 6.42 Å². The molecule has 1 aliphatic rings. The Balaban J connectivity index is 1.71. The van der Waals surface area contributed by atoms with Gasteiger partial charge in [-0.2, -0.15) is 0 Å². The van der Waals surface area contributed by atoms with E-state index in [1.165, 1.54) is 44.9 Å². The molecule has 206 valence electrons. The number of phenolic OH excluding ortho intramolecular Hbond substituents is 1. The number of aliphatic hydroxyl groups excluding tert-OH is 1. The first-order chi connectivity index (χ1) is 18.1. The Labute approximate surface area is 223 Å². The maximum Gasteiger partial charge on any atom is 0.170 e. The highest BCUT2D eigenvalue weighted by Crippen LogP contribution is 2.43. The predicted octanol–water partition coefficient (Wildman–Crippen LogP) is 6.67. The minimum absolute atomic E-state index is 0.242. The number of piperidine rings is 1. The number of likely N-dealkylation sites (tertiary alicyclic amines) is 1. The van der Waals surface area contributed by atoms with E-state index >= 15 is 0 Å². The van der Waals surface area contributed by atoms with Gasteiger partial charge in [-0.1, -0.05) is 57.6 Å². The third-order valence-corrected chi connectivity index (χ3v) is 7.17. The van der Waals surface area contributed by atoms with Crippen LogP contribution in [0.15, 0.2) is 36.4 Å². The first-order valence-electron chi connectivity index (χ1n) is 14.3. The SMILES string of the molecule is CCCCCCCCOc1ccc(OC)c(OCCN2CCCCC2)c1C(O)CCc1ccc(O)cc1. The van der Waals surface area contributed by atoms with E-state index in [0.717, 1.165) is 38.0 Å². The van der Waals surface area contributed by atoms with Crippen LogP contribution in [0.1, 0.15) is 88.4 Å². The molecule has 1 atom stereocenters. The number of methoxy groups -OCH3 is 1. The van der Waals surface area contributed by atoms with Gasteiger partial charge in [0.15, 0.2) is 11.5 Å². The van der Waals surface area contributed by atoms with Gasteiger partial charge in [0.25, 0.3) is 0 Å². The van der Waals surface area contributed by atoms with Crippen LogP contribution in [0.2, 0.25) is 0 Å². The molecule has 0 amide bonds. The summed E-state index contributed by atoms with van der Waals surface area (Å²) >= 11 is 0. The molecule has 6 heteroatoms. The van der Waals surface area contributed by atoms with E-state index in [-0.39, 0.29) is 5.75 Å². The summed E-state index contributed by atoms with van der Waals surface area (Å²) in [5.74, 6) is 2.11. The Morgan fingerprint density at radius 3 is 2.27 bits per heavy atom. The third kappa shape index (κ3) is 9.75. The number of unbranched alkanes of at least 4 members (excludes halogenated alkanes) is 5. The summed E-state index contributed by atoms with van der Waals surface area (Å²) in [6.07, 6.45) is 11.4. The zero-order valence-corrected chi connectivity index (χ0v) is 22.9. The summed E-state index contributed by atoms with van der Waals surface area (Å²) in [5, 5.41) is 21.0. The fraction of sp³-hybridized carbons (Fsp3) is 0.613. The van der Waals surface area contributed by atoms with E-state index in [1.807, 2.05) is 24.3 Å². The Kier molecular flexibility index (Phi) is 12.9. The number of benzene rings is 2. The smallest absolute Gasteiger partial charge is 0.170 e. The summed E-state index contributed by atoms with van der Waals surface area (Å²) in [4.78, 5) is 2.44. The van der Waals surface area contributed by atoms with Crippen LogP contribution >= 0.6 is 0 Å². The number of rotatable bonds is 17. The van der Waals surface area contributed by atoms with E-state index in [1.54, 1.807) is 19.2 Å². The van der Waals surface area contributed by atoms with Crippen molar-refractivity contribution in [1.82, 2.24) is 4.90 Å². The van der Waals surface area contributed by atoms with Gasteiger partial charge < -0.3 is 24.4 Å². The van der Waals surface area contributed by atoms with Gasteiger partial charge in [-0.3, -0.25) is 4.90 Å². The maximum atomic E-state index is 11.4. The molecule has 0 bridgehead atoms. The molecule has 1 fully saturated rings. The van der Waals surface area contributed by atoms with Crippen LogP contribution in [0.25, 0.3) is 0 Å². The largest absolute Gasteiger partial charge is 0.508 e. The minimum atomic E-state index is -0.770. The van der Waals surface area contributed by atoms with Crippen molar-refractivity contribution in [3.05, 3.63) is 47.5 Å². The molecule has 0 radical (unpaired) electrons. The molecule has 37 heavy (non-hydrogen) atoms. The Morgan fingerprint density at radius 2 is 1.54 bits per heavy atom. The lowest BCUT2D eigenvalue weighted by atomic mass is 9.99. The van der Waals surface area contributed by atoms with Gasteiger partial charge >= 0.3 is 0 Å². The molecule has 0 spiro atoms. The minimum Gasteiger partial charge on any atom is -0.508 e. The summed E-state index contributed by atoms with van der Waals surface area (Å²) < 4.78 is 18.2. The first kappa shape index (κ1) is 29.1. The second kappa shape index (κ2) is 16.4. The summed E-state index contributed by atoms with van der Waals surface area (Å²) in [7, 11) is 1.64. The molecule has 1 heterocycles. The number of hydrogen-bond donors (Lipinski definition) is 2. The molecule has 6 nitrogen and oxygen atoms in total. The van der Waals surface area contributed by atoms with Crippen molar-refractivity contribution in [3.63, 3.8) is 0 Å². The number of ether oxygens (including phenoxy) is 3. The second-order valence-corrected chi connectivity index (χ2v) is 10.1. The van der Waals surface area contributed by atoms with Crippen molar-refractivity contribution in [2.24, 2.45) is 0 Å². The van der Waals surface area contributed by atoms with E-state index in [4.69, 9.17) is 14.2 Å². The monoisotopic (exact) mass is 513 g/mol. The predicted molar refractivity (Wildman–Crippen MR) is 149 cm³/mol. The molecule has 1 aliphatic heterocycles. The van der Waals surface area contributed by atoms with Crippen molar-refractivity contribution >= 4 is 0 Å². The van der Waals surface area contributed by atoms with Gasteiger partial charge in [0, 0.05) is 6.54 Å². The molecule has 3 rings (SSSR count). The molecule has 1 saturated heterocycles. The molecule has 0 saturated carbocycles. The number of aromatic hydroxyl groups is 1. The average molecular weight is 514 g/mol. The lowest BCUT2D eigenvalue weighted by molar-refractivity contribution is 0.147. The molecular weight excluding hydrogens is 466 g/mol. The number of phenols is 1. The first-order valence-corrected chi connectivity index (χ1v) is 14.3. The second-order valence-electron chi connectivity index (χ2n) is 10.1. The maximum absolute atomic E-state index is 11.4. The van der Waals surface area contributed by atoms with Crippen LogP contribution in [-0.4, -0.2) is 55.1 Å². The lowest BCUT2D eigenvalue weighted by Crippen LogP contribution is -2.33. The number of aryl methyl sites for hydroxylation is 1. The molecular formula is C31H47NO5. The van der Waals surface area contributed by atoms with Gasteiger partial charge in [0.1, 0.15) is 18.1 Å². The summed E-state index contributed by atoms with van der Waals surface area (Å²) in [6.45, 7) is 6.47. The fourth-order valence-corrected chi connectivity index (χ4v) is 4.95. The molecule has 2 aromatic carbocycles. The highest BCUT2D eigenvalue weighted by molar-refractivity contribution is 5.55. The van der Waals surface area contributed by atoms with Crippen LogP contribution in [0, 0.1) is 0 Å². The van der Waals surface area contributed by atoms with Crippen LogP contribution < -0.4 is 14.2 Å². The van der Waals surface area contributed by atoms with Crippen molar-refractivity contribution < 1.29 is 24.4 Å². The Hall–Kier alpha value is -2.44. The normalized spacial score (nSPS) is 14.9. The van der Waals surface area contributed by atoms with Crippen LogP contribution in [0.5, 0.6) is 23.0 Å². The molecule has 2 aromatic rings. The van der Waals surface area contributed by atoms with Crippen molar-refractivity contribution in [1.29, 1.82) is 0 Å². The lowest BCUT2D eigenvalue weighted by Gasteiger charge is -2.27. The molecule has 2 N–H and O–H groups in total. The highest BCUT2D eigenvalue weighted by atomic mass is 16.5. The number of aliphatic hydroxyl groups is 1. The average Bonchev–Trinajstić information content (AvgIpc) is 2.92. The summed E-state index contributed by atoms with van der Waals surface area (Å²) in [6, 6.07) is 10.9. The quantitative estimate of drug-likeness (QED) is 0.230. The standard InChI is InChI=1S/C31H47NO5/c1-3-4-5-6-7-11-23-36-28-18-19-29(35-2)31(37-24-22-32-20-9-8-10-21-32)30(28)27(34)17-14-25-12-15-26(33)16-13-25/h12-13,15-16,18-19,27,33-34H,3-11,14,17,20-24H2,1-2H3. The van der Waals surface area contributed by atoms with E-state index < -0.39 is 6.10 Å².